The number of hydrogen-bond acceptors (Lipinski definition) is 3. The maximum atomic E-state index is 11.0. The van der Waals surface area contributed by atoms with Crippen LogP contribution in [0, 0.1) is 5.92 Å². The summed E-state index contributed by atoms with van der Waals surface area (Å²) >= 11 is 0. The number of rotatable bonds is 5. The predicted molar refractivity (Wildman–Crippen MR) is 74.6 cm³/mol. The Bertz CT molecular complexity index is 398. The molecule has 0 radical (unpaired) electrons. The maximum absolute atomic E-state index is 11.0. The van der Waals surface area contributed by atoms with E-state index in [0.717, 1.165) is 11.3 Å². The van der Waals surface area contributed by atoms with Gasteiger partial charge in [-0.15, -0.1) is 0 Å². The Morgan fingerprint density at radius 3 is 2.44 bits per heavy atom. The van der Waals surface area contributed by atoms with Crippen molar-refractivity contribution in [2.24, 2.45) is 11.7 Å². The molecule has 0 aliphatic rings. The minimum absolute atomic E-state index is 0.0675. The summed E-state index contributed by atoms with van der Waals surface area (Å²) in [6.07, 6.45) is 0.613. The third kappa shape index (κ3) is 2.85. The van der Waals surface area contributed by atoms with Gasteiger partial charge in [0, 0.05) is 11.5 Å². The molecule has 102 valence electrons. The van der Waals surface area contributed by atoms with Crippen molar-refractivity contribution in [3.63, 3.8) is 0 Å². The van der Waals surface area contributed by atoms with Crippen molar-refractivity contribution in [3.8, 4) is 5.75 Å². The first kappa shape index (κ1) is 15.0. The van der Waals surface area contributed by atoms with Crippen LogP contribution in [0.2, 0.25) is 0 Å². The average Bonchev–Trinajstić information content (AvgIpc) is 2.36. The second-order valence-electron chi connectivity index (χ2n) is 5.55. The van der Waals surface area contributed by atoms with Gasteiger partial charge in [-0.05, 0) is 38.0 Å². The van der Waals surface area contributed by atoms with Crippen LogP contribution < -0.4 is 10.5 Å². The van der Waals surface area contributed by atoms with Gasteiger partial charge in [0.15, 0.2) is 0 Å². The maximum Gasteiger partial charge on any atom is 0.119 e. The highest BCUT2D eigenvalue weighted by atomic mass is 16.5. The Morgan fingerprint density at radius 1 is 1.39 bits per heavy atom. The van der Waals surface area contributed by atoms with Crippen molar-refractivity contribution in [1.82, 2.24) is 0 Å². The normalized spacial score (nSPS) is 17.1. The van der Waals surface area contributed by atoms with Crippen LogP contribution in [0.15, 0.2) is 24.3 Å². The number of nitrogens with two attached hydrogens (primary N) is 1. The second-order valence-corrected chi connectivity index (χ2v) is 5.55. The summed E-state index contributed by atoms with van der Waals surface area (Å²) in [5.41, 5.74) is 5.63. The lowest BCUT2D eigenvalue weighted by molar-refractivity contribution is -0.0454. The van der Waals surface area contributed by atoms with E-state index in [2.05, 4.69) is 0 Å². The van der Waals surface area contributed by atoms with E-state index in [1.165, 1.54) is 0 Å². The molecule has 0 bridgehead atoms. The fraction of sp³-hybridized carbons (Fsp3) is 0.600. The quantitative estimate of drug-likeness (QED) is 0.846. The van der Waals surface area contributed by atoms with Gasteiger partial charge in [-0.3, -0.25) is 0 Å². The van der Waals surface area contributed by atoms with Gasteiger partial charge in [0.25, 0.3) is 0 Å². The molecule has 1 rings (SSSR count). The fourth-order valence-corrected chi connectivity index (χ4v) is 2.27. The number of aliphatic hydroxyl groups is 1. The van der Waals surface area contributed by atoms with Gasteiger partial charge < -0.3 is 15.6 Å². The van der Waals surface area contributed by atoms with Crippen LogP contribution in [-0.2, 0) is 5.60 Å². The van der Waals surface area contributed by atoms with Gasteiger partial charge >= 0.3 is 0 Å². The van der Waals surface area contributed by atoms with E-state index in [9.17, 15) is 5.11 Å². The molecule has 1 aromatic rings. The summed E-state index contributed by atoms with van der Waals surface area (Å²) in [5, 5.41) is 11.0. The first-order valence-electron chi connectivity index (χ1n) is 6.41. The van der Waals surface area contributed by atoms with Gasteiger partial charge in [0.1, 0.15) is 5.75 Å². The summed E-state index contributed by atoms with van der Waals surface area (Å²) in [6, 6.07) is 7.57. The van der Waals surface area contributed by atoms with Crippen LogP contribution in [0.4, 0.5) is 0 Å². The molecule has 0 fully saturated rings. The Balaban J connectivity index is 3.21. The van der Waals surface area contributed by atoms with E-state index in [1.807, 2.05) is 52.0 Å². The number of ether oxygens (including phenoxy) is 1. The standard InChI is InChI=1S/C15H25NO2/c1-6-15(17,11(2)14(3,4)16)12-8-7-9-13(10-12)18-5/h7-11,17H,6,16H2,1-5H3/t11-,15-/m0/s1. The largest absolute Gasteiger partial charge is 0.497 e. The van der Waals surface area contributed by atoms with Crippen LogP contribution in [0.1, 0.15) is 39.7 Å². The minimum Gasteiger partial charge on any atom is -0.497 e. The molecular formula is C15H25NO2. The van der Waals surface area contributed by atoms with Crippen molar-refractivity contribution in [3.05, 3.63) is 29.8 Å². The highest BCUT2D eigenvalue weighted by Crippen LogP contribution is 2.38. The Kier molecular flexibility index (Phi) is 4.41. The zero-order valence-electron chi connectivity index (χ0n) is 12.0. The number of methoxy groups -OCH3 is 1. The zero-order valence-corrected chi connectivity index (χ0v) is 12.0. The fourth-order valence-electron chi connectivity index (χ4n) is 2.27. The van der Waals surface area contributed by atoms with E-state index in [0.29, 0.717) is 6.42 Å². The molecule has 3 N–H and O–H groups in total. The molecular weight excluding hydrogens is 226 g/mol. The lowest BCUT2D eigenvalue weighted by Gasteiger charge is -2.41. The van der Waals surface area contributed by atoms with Crippen LogP contribution in [0.3, 0.4) is 0 Å². The smallest absolute Gasteiger partial charge is 0.119 e. The van der Waals surface area contributed by atoms with Crippen molar-refractivity contribution in [1.29, 1.82) is 0 Å². The molecule has 3 heteroatoms. The van der Waals surface area contributed by atoms with Crippen molar-refractivity contribution in [2.45, 2.75) is 45.3 Å². The van der Waals surface area contributed by atoms with Crippen molar-refractivity contribution in [2.75, 3.05) is 7.11 Å². The minimum atomic E-state index is -0.938. The van der Waals surface area contributed by atoms with Gasteiger partial charge in [-0.1, -0.05) is 26.0 Å². The first-order chi connectivity index (χ1) is 8.25. The zero-order chi connectivity index (χ0) is 14.0. The lowest BCUT2D eigenvalue weighted by atomic mass is 9.71. The van der Waals surface area contributed by atoms with Gasteiger partial charge in [-0.25, -0.2) is 0 Å². The molecule has 0 saturated carbocycles. The molecule has 0 unspecified atom stereocenters. The molecule has 2 atom stereocenters. The van der Waals surface area contributed by atoms with Crippen LogP contribution in [0.25, 0.3) is 0 Å². The first-order valence-corrected chi connectivity index (χ1v) is 6.41. The Labute approximate surface area is 110 Å². The summed E-state index contributed by atoms with van der Waals surface area (Å²) in [5.74, 6) is 0.684. The van der Waals surface area contributed by atoms with E-state index in [-0.39, 0.29) is 5.92 Å². The average molecular weight is 251 g/mol. The Hall–Kier alpha value is -1.06. The molecule has 0 spiro atoms. The molecule has 18 heavy (non-hydrogen) atoms. The number of hydrogen-bond donors (Lipinski definition) is 2. The summed E-state index contributed by atoms with van der Waals surface area (Å²) < 4.78 is 5.22. The highest BCUT2D eigenvalue weighted by Gasteiger charge is 2.40. The Morgan fingerprint density at radius 2 is 2.00 bits per heavy atom. The third-order valence-corrected chi connectivity index (χ3v) is 3.94. The van der Waals surface area contributed by atoms with Crippen LogP contribution in [0.5, 0.6) is 5.75 Å². The van der Waals surface area contributed by atoms with E-state index in [1.54, 1.807) is 7.11 Å². The van der Waals surface area contributed by atoms with Gasteiger partial charge in [0.2, 0.25) is 0 Å². The lowest BCUT2D eigenvalue weighted by Crippen LogP contribution is -2.50. The second kappa shape index (κ2) is 5.29. The molecule has 0 aromatic heterocycles. The molecule has 3 nitrogen and oxygen atoms in total. The molecule has 0 amide bonds. The summed E-state index contributed by atoms with van der Waals surface area (Å²) in [7, 11) is 1.63. The van der Waals surface area contributed by atoms with Gasteiger partial charge in [0.05, 0.1) is 12.7 Å². The van der Waals surface area contributed by atoms with Crippen molar-refractivity contribution >= 4 is 0 Å². The highest BCUT2D eigenvalue weighted by molar-refractivity contribution is 5.33. The van der Waals surface area contributed by atoms with E-state index >= 15 is 0 Å². The molecule has 0 aliphatic heterocycles. The number of benzene rings is 1. The molecule has 0 saturated heterocycles. The SMILES string of the molecule is CC[C@@](O)(c1cccc(OC)c1)[C@@H](C)C(C)(C)N. The summed E-state index contributed by atoms with van der Waals surface area (Å²) in [6.45, 7) is 7.85. The molecule has 0 aliphatic carbocycles. The third-order valence-electron chi connectivity index (χ3n) is 3.94. The predicted octanol–water partition coefficient (Wildman–Crippen LogP) is 2.67. The topological polar surface area (TPSA) is 55.5 Å². The van der Waals surface area contributed by atoms with Gasteiger partial charge in [-0.2, -0.15) is 0 Å². The van der Waals surface area contributed by atoms with E-state index < -0.39 is 11.1 Å². The monoisotopic (exact) mass is 251 g/mol. The summed E-state index contributed by atoms with van der Waals surface area (Å²) in [4.78, 5) is 0. The van der Waals surface area contributed by atoms with Crippen LogP contribution in [-0.4, -0.2) is 17.8 Å². The molecule has 1 aromatic carbocycles. The van der Waals surface area contributed by atoms with Crippen molar-refractivity contribution < 1.29 is 9.84 Å². The molecule has 0 heterocycles. The van der Waals surface area contributed by atoms with E-state index in [4.69, 9.17) is 10.5 Å². The van der Waals surface area contributed by atoms with Crippen LogP contribution >= 0.6 is 0 Å².